The van der Waals surface area contributed by atoms with Crippen LogP contribution in [0.4, 0.5) is 4.79 Å². The van der Waals surface area contributed by atoms with Gasteiger partial charge in [0.2, 0.25) is 5.91 Å². The van der Waals surface area contributed by atoms with Gasteiger partial charge in [0, 0.05) is 11.8 Å². The number of amides is 2. The molecule has 0 spiro atoms. The Hall–Kier alpha value is -1.21. The van der Waals surface area contributed by atoms with Crippen LogP contribution in [-0.2, 0) is 18.8 Å². The highest BCUT2D eigenvalue weighted by Gasteiger charge is 2.47. The molecule has 2 amide bonds. The van der Waals surface area contributed by atoms with Gasteiger partial charge in [-0.2, -0.15) is 0 Å². The molecule has 0 radical (unpaired) electrons. The second-order valence-electron chi connectivity index (χ2n) is 10.2. The predicted molar refractivity (Wildman–Crippen MR) is 113 cm³/mol. The quantitative estimate of drug-likeness (QED) is 0.536. The number of carbonyl (C=O) groups excluding carboxylic acids is 3. The predicted octanol–water partition coefficient (Wildman–Crippen LogP) is 4.78. The van der Waals surface area contributed by atoms with E-state index < -0.39 is 25.9 Å². The molecule has 7 heteroatoms. The fraction of sp³-hybridized carbons (Fsp3) is 0.857. The normalized spacial score (nSPS) is 19.8. The third-order valence-corrected chi connectivity index (χ3v) is 10.9. The summed E-state index contributed by atoms with van der Waals surface area (Å²) in [7, 11) is -2.24. The topological polar surface area (TPSA) is 72.9 Å². The van der Waals surface area contributed by atoms with E-state index in [1.807, 2.05) is 34.6 Å². The summed E-state index contributed by atoms with van der Waals surface area (Å²) in [5.41, 5.74) is -0.823. The van der Waals surface area contributed by atoms with Crippen molar-refractivity contribution in [2.24, 2.45) is 11.3 Å². The zero-order valence-corrected chi connectivity index (χ0v) is 20.3. The van der Waals surface area contributed by atoms with E-state index >= 15 is 0 Å². The van der Waals surface area contributed by atoms with Crippen molar-refractivity contribution in [2.75, 3.05) is 6.61 Å². The van der Waals surface area contributed by atoms with E-state index in [0.29, 0.717) is 6.42 Å². The van der Waals surface area contributed by atoms with E-state index in [0.717, 1.165) is 0 Å². The molecule has 28 heavy (non-hydrogen) atoms. The summed E-state index contributed by atoms with van der Waals surface area (Å²) in [6, 6.07) is -0.279. The summed E-state index contributed by atoms with van der Waals surface area (Å²) in [5.74, 6) is -0.184. The molecule has 1 fully saturated rings. The summed E-state index contributed by atoms with van der Waals surface area (Å²) in [6.07, 6.45) is -0.827. The molecule has 0 aromatic rings. The van der Waals surface area contributed by atoms with Crippen LogP contribution < -0.4 is 0 Å². The molecule has 0 aliphatic carbocycles. The molecule has 0 aromatic carbocycles. The number of hydrogen-bond donors (Lipinski definition) is 0. The number of Topliss-reactive ketones (excluding diaryl/α,β-unsaturated/α-hetero) is 1. The highest BCUT2D eigenvalue weighted by Crippen LogP contribution is 2.41. The summed E-state index contributed by atoms with van der Waals surface area (Å²) in [6.45, 7) is 20.2. The highest BCUT2D eigenvalue weighted by molar-refractivity contribution is 6.74. The Bertz CT molecular complexity index is 606. The van der Waals surface area contributed by atoms with E-state index in [9.17, 15) is 14.4 Å². The molecule has 2 atom stereocenters. The molecule has 1 aliphatic heterocycles. The fourth-order valence-electron chi connectivity index (χ4n) is 3.08. The third-order valence-electron chi connectivity index (χ3n) is 6.39. The number of ketones is 1. The second kappa shape index (κ2) is 8.65. The van der Waals surface area contributed by atoms with Gasteiger partial charge in [0.15, 0.2) is 8.32 Å². The minimum absolute atomic E-state index is 0.0103. The summed E-state index contributed by atoms with van der Waals surface area (Å²) >= 11 is 0. The Morgan fingerprint density at radius 1 is 1.21 bits per heavy atom. The zero-order chi connectivity index (χ0) is 22.1. The second-order valence-corrected chi connectivity index (χ2v) is 15.0. The molecule has 1 rings (SSSR count). The first-order valence-electron chi connectivity index (χ1n) is 10.3. The summed E-state index contributed by atoms with van der Waals surface area (Å²) in [4.78, 5) is 39.2. The number of imide groups is 1. The fourth-order valence-corrected chi connectivity index (χ4v) is 4.52. The number of hydrogen-bond acceptors (Lipinski definition) is 5. The van der Waals surface area contributed by atoms with Crippen LogP contribution in [0.25, 0.3) is 0 Å². The van der Waals surface area contributed by atoms with Crippen molar-refractivity contribution in [2.45, 2.75) is 98.5 Å². The van der Waals surface area contributed by atoms with Crippen LogP contribution in [-0.4, -0.2) is 49.8 Å². The van der Waals surface area contributed by atoms with E-state index in [1.165, 1.54) is 4.90 Å². The van der Waals surface area contributed by atoms with Crippen LogP contribution in [0, 0.1) is 11.3 Å². The summed E-state index contributed by atoms with van der Waals surface area (Å²) < 4.78 is 11.7. The molecule has 6 nitrogen and oxygen atoms in total. The van der Waals surface area contributed by atoms with E-state index in [-0.39, 0.29) is 41.7 Å². The number of carbonyl (C=O) groups is 3. The first-order chi connectivity index (χ1) is 12.6. The van der Waals surface area contributed by atoms with Gasteiger partial charge >= 0.3 is 6.09 Å². The van der Waals surface area contributed by atoms with E-state index in [2.05, 4.69) is 33.9 Å². The Morgan fingerprint density at radius 2 is 1.75 bits per heavy atom. The van der Waals surface area contributed by atoms with Crippen molar-refractivity contribution >= 4 is 26.1 Å². The van der Waals surface area contributed by atoms with Crippen LogP contribution in [0.15, 0.2) is 0 Å². The van der Waals surface area contributed by atoms with E-state index in [1.54, 1.807) is 0 Å². The van der Waals surface area contributed by atoms with Gasteiger partial charge in [-0.05, 0) is 24.1 Å². The van der Waals surface area contributed by atoms with Gasteiger partial charge in [0.05, 0.1) is 18.6 Å². The van der Waals surface area contributed by atoms with Crippen molar-refractivity contribution in [3.8, 4) is 0 Å². The SMILES string of the molecule is CCC(=O)C(C)(C)[C@H](CC(=O)N1C(=O)OC[C@@H]1C(C)C)O[Si](C)(C)C(C)(C)C. The maximum absolute atomic E-state index is 13.1. The van der Waals surface area contributed by atoms with Gasteiger partial charge < -0.3 is 9.16 Å². The standard InChI is InChI=1S/C21H39NO5Si/c1-11-16(23)21(7,8)17(27-28(9,10)20(4,5)6)12-18(24)22-15(14(2)3)13-26-19(22)25/h14-15,17H,11-13H2,1-10H3/t15-,17+/m1/s1. The minimum Gasteiger partial charge on any atom is -0.447 e. The molecule has 0 aromatic heterocycles. The zero-order valence-electron chi connectivity index (χ0n) is 19.3. The third kappa shape index (κ3) is 5.23. The number of rotatable bonds is 8. The highest BCUT2D eigenvalue weighted by atomic mass is 28.4. The maximum atomic E-state index is 13.1. The average molecular weight is 414 g/mol. The average Bonchev–Trinajstić information content (AvgIpc) is 2.93. The number of nitrogens with zero attached hydrogens (tertiary/aromatic N) is 1. The lowest BCUT2D eigenvalue weighted by molar-refractivity contribution is -0.138. The molecular formula is C21H39NO5Si. The Morgan fingerprint density at radius 3 is 2.18 bits per heavy atom. The van der Waals surface area contributed by atoms with Gasteiger partial charge in [0.1, 0.15) is 12.4 Å². The van der Waals surface area contributed by atoms with Gasteiger partial charge in [-0.3, -0.25) is 9.59 Å². The summed E-state index contributed by atoms with van der Waals surface area (Å²) in [5, 5.41) is -0.0628. The smallest absolute Gasteiger partial charge is 0.416 e. The van der Waals surface area contributed by atoms with Gasteiger partial charge in [-0.25, -0.2) is 9.69 Å². The van der Waals surface area contributed by atoms with Crippen molar-refractivity contribution in [1.82, 2.24) is 4.90 Å². The molecular weight excluding hydrogens is 374 g/mol. The molecule has 1 heterocycles. The van der Waals surface area contributed by atoms with Crippen LogP contribution in [0.1, 0.15) is 68.2 Å². The Balaban J connectivity index is 3.20. The molecule has 0 saturated carbocycles. The van der Waals surface area contributed by atoms with Crippen molar-refractivity contribution in [3.05, 3.63) is 0 Å². The lowest BCUT2D eigenvalue weighted by Gasteiger charge is -2.44. The Labute approximate surface area is 171 Å². The number of ether oxygens (including phenoxy) is 1. The van der Waals surface area contributed by atoms with Crippen molar-refractivity contribution in [3.63, 3.8) is 0 Å². The van der Waals surface area contributed by atoms with Crippen molar-refractivity contribution in [1.29, 1.82) is 0 Å². The van der Waals surface area contributed by atoms with Crippen molar-refractivity contribution < 1.29 is 23.5 Å². The van der Waals surface area contributed by atoms with E-state index in [4.69, 9.17) is 9.16 Å². The monoisotopic (exact) mass is 413 g/mol. The van der Waals surface area contributed by atoms with Crippen LogP contribution in [0.5, 0.6) is 0 Å². The van der Waals surface area contributed by atoms with Gasteiger partial charge in [-0.15, -0.1) is 0 Å². The number of cyclic esters (lactones) is 1. The maximum Gasteiger partial charge on any atom is 0.416 e. The lowest BCUT2D eigenvalue weighted by Crippen LogP contribution is -2.52. The first-order valence-corrected chi connectivity index (χ1v) is 13.2. The molecule has 162 valence electrons. The lowest BCUT2D eigenvalue weighted by atomic mass is 9.79. The molecule has 1 aliphatic rings. The van der Waals surface area contributed by atoms with Gasteiger partial charge in [-0.1, -0.05) is 55.4 Å². The largest absolute Gasteiger partial charge is 0.447 e. The first kappa shape index (κ1) is 24.8. The molecule has 0 bridgehead atoms. The van der Waals surface area contributed by atoms with Gasteiger partial charge in [0.25, 0.3) is 0 Å². The van der Waals surface area contributed by atoms with Crippen LogP contribution in [0.3, 0.4) is 0 Å². The Kier molecular flexibility index (Phi) is 7.67. The molecule has 1 saturated heterocycles. The van der Waals surface area contributed by atoms with Crippen LogP contribution in [0.2, 0.25) is 18.1 Å². The minimum atomic E-state index is -2.24. The van der Waals surface area contributed by atoms with Crippen LogP contribution >= 0.6 is 0 Å². The molecule has 0 N–H and O–H groups in total. The molecule has 0 unspecified atom stereocenters.